The van der Waals surface area contributed by atoms with Crippen LogP contribution in [0.1, 0.15) is 59.3 Å². The van der Waals surface area contributed by atoms with Crippen molar-refractivity contribution in [2.75, 3.05) is 0 Å². The lowest BCUT2D eigenvalue weighted by Crippen LogP contribution is -2.40. The van der Waals surface area contributed by atoms with Crippen molar-refractivity contribution in [3.05, 3.63) is 12.2 Å². The Morgan fingerprint density at radius 1 is 1.35 bits per heavy atom. The van der Waals surface area contributed by atoms with Gasteiger partial charge in [0.05, 0.1) is 6.04 Å². The van der Waals surface area contributed by atoms with Gasteiger partial charge in [0.25, 0.3) is 0 Å². The van der Waals surface area contributed by atoms with Crippen LogP contribution in [0.3, 0.4) is 0 Å². The zero-order chi connectivity index (χ0) is 12.8. The van der Waals surface area contributed by atoms with Crippen molar-refractivity contribution < 1.29 is 4.79 Å². The fraction of sp³-hybridized carbons (Fsp3) is 0.800. The first-order valence-electron chi connectivity index (χ1n) is 6.95. The Morgan fingerprint density at radius 2 is 1.94 bits per heavy atom. The molecule has 1 N–H and O–H groups in total. The lowest BCUT2D eigenvalue weighted by molar-refractivity contribution is -0.122. The average molecular weight is 237 g/mol. The molecule has 1 aliphatic carbocycles. The normalized spacial score (nSPS) is 18.4. The van der Waals surface area contributed by atoms with Crippen molar-refractivity contribution in [1.82, 2.24) is 5.32 Å². The first-order chi connectivity index (χ1) is 8.00. The number of hydrogen-bond acceptors (Lipinski definition) is 1. The quantitative estimate of drug-likeness (QED) is 0.702. The molecule has 0 aliphatic heterocycles. The molecule has 0 aromatic rings. The number of nitrogens with one attached hydrogen (secondary N) is 1. The minimum Gasteiger partial charge on any atom is -0.349 e. The summed E-state index contributed by atoms with van der Waals surface area (Å²) in [4.78, 5) is 11.9. The van der Waals surface area contributed by atoms with Gasteiger partial charge in [0.1, 0.15) is 0 Å². The molecule has 0 bridgehead atoms. The van der Waals surface area contributed by atoms with Crippen LogP contribution in [0.15, 0.2) is 12.2 Å². The van der Waals surface area contributed by atoms with E-state index in [1.54, 1.807) is 0 Å². The molecule has 2 heteroatoms. The van der Waals surface area contributed by atoms with Crippen molar-refractivity contribution in [2.24, 2.45) is 11.8 Å². The van der Waals surface area contributed by atoms with Crippen molar-refractivity contribution in [2.45, 2.75) is 65.3 Å². The minimum atomic E-state index is 0.193. The molecule has 1 aliphatic rings. The summed E-state index contributed by atoms with van der Waals surface area (Å²) in [7, 11) is 0. The maximum absolute atomic E-state index is 11.9. The molecule has 0 saturated heterocycles. The first-order valence-corrected chi connectivity index (χ1v) is 6.95. The predicted octanol–water partition coefficient (Wildman–Crippen LogP) is 3.67. The van der Waals surface area contributed by atoms with E-state index < -0.39 is 0 Å². The molecule has 0 spiro atoms. The predicted molar refractivity (Wildman–Crippen MR) is 72.8 cm³/mol. The van der Waals surface area contributed by atoms with Crippen LogP contribution in [0, 0.1) is 11.8 Å². The lowest BCUT2D eigenvalue weighted by atomic mass is 9.93. The van der Waals surface area contributed by atoms with Gasteiger partial charge >= 0.3 is 0 Å². The summed E-state index contributed by atoms with van der Waals surface area (Å²) in [6.45, 7) is 10.4. The summed E-state index contributed by atoms with van der Waals surface area (Å²) in [5.41, 5.74) is 1.11. The molecule has 0 aromatic heterocycles. The molecule has 0 radical (unpaired) electrons. The van der Waals surface area contributed by atoms with Crippen LogP contribution in [-0.4, -0.2) is 11.9 Å². The van der Waals surface area contributed by atoms with Gasteiger partial charge in [0, 0.05) is 6.42 Å². The SMILES string of the molecule is C=C(C)C(NC(=O)CCC(C)C)C1CCCC1. The standard InChI is InChI=1S/C15H27NO/c1-11(2)9-10-14(17)16-15(12(3)4)13-7-5-6-8-13/h11,13,15H,3,5-10H2,1-2,4H3,(H,16,17). The molecule has 1 saturated carbocycles. The van der Waals surface area contributed by atoms with E-state index >= 15 is 0 Å². The van der Waals surface area contributed by atoms with Gasteiger partial charge < -0.3 is 5.32 Å². The zero-order valence-corrected chi connectivity index (χ0v) is 11.6. The second-order valence-electron chi connectivity index (χ2n) is 5.87. The highest BCUT2D eigenvalue weighted by Crippen LogP contribution is 2.30. The second-order valence-corrected chi connectivity index (χ2v) is 5.87. The van der Waals surface area contributed by atoms with Crippen molar-refractivity contribution in [3.63, 3.8) is 0 Å². The van der Waals surface area contributed by atoms with E-state index in [2.05, 4.69) is 25.7 Å². The maximum Gasteiger partial charge on any atom is 0.220 e. The van der Waals surface area contributed by atoms with Crippen LogP contribution in [0.4, 0.5) is 0 Å². The summed E-state index contributed by atoms with van der Waals surface area (Å²) in [6.07, 6.45) is 6.70. The van der Waals surface area contributed by atoms with E-state index in [1.165, 1.54) is 25.7 Å². The minimum absolute atomic E-state index is 0.193. The topological polar surface area (TPSA) is 29.1 Å². The molecule has 1 rings (SSSR count). The number of hydrogen-bond donors (Lipinski definition) is 1. The van der Waals surface area contributed by atoms with Crippen molar-refractivity contribution >= 4 is 5.91 Å². The van der Waals surface area contributed by atoms with Gasteiger partial charge in [-0.2, -0.15) is 0 Å². The Labute approximate surface area is 106 Å². The summed E-state index contributed by atoms with van der Waals surface area (Å²) in [5.74, 6) is 1.41. The van der Waals surface area contributed by atoms with Gasteiger partial charge in [-0.1, -0.05) is 38.8 Å². The zero-order valence-electron chi connectivity index (χ0n) is 11.6. The second kappa shape index (κ2) is 6.83. The van der Waals surface area contributed by atoms with E-state index in [0.29, 0.717) is 18.3 Å². The summed E-state index contributed by atoms with van der Waals surface area (Å²) in [6, 6.07) is 0.206. The third-order valence-electron chi connectivity index (χ3n) is 3.67. The van der Waals surface area contributed by atoms with Gasteiger partial charge in [-0.05, 0) is 38.0 Å². The molecule has 98 valence electrons. The molecule has 17 heavy (non-hydrogen) atoms. The Hall–Kier alpha value is -0.790. The van der Waals surface area contributed by atoms with Crippen LogP contribution < -0.4 is 5.32 Å². The Bertz CT molecular complexity index is 264. The van der Waals surface area contributed by atoms with E-state index in [-0.39, 0.29) is 11.9 Å². The average Bonchev–Trinajstić information content (AvgIpc) is 2.75. The fourth-order valence-electron chi connectivity index (χ4n) is 2.60. The van der Waals surface area contributed by atoms with Crippen molar-refractivity contribution in [3.8, 4) is 0 Å². The summed E-state index contributed by atoms with van der Waals surface area (Å²) < 4.78 is 0. The molecular formula is C15H27NO. The molecule has 0 heterocycles. The molecule has 1 atom stereocenters. The monoisotopic (exact) mass is 237 g/mol. The van der Waals surface area contributed by atoms with E-state index in [0.717, 1.165) is 12.0 Å². The van der Waals surface area contributed by atoms with Gasteiger partial charge in [-0.25, -0.2) is 0 Å². The summed E-state index contributed by atoms with van der Waals surface area (Å²) >= 11 is 0. The van der Waals surface area contributed by atoms with Crippen LogP contribution in [0.25, 0.3) is 0 Å². The van der Waals surface area contributed by atoms with E-state index in [1.807, 2.05) is 6.92 Å². The number of rotatable bonds is 6. The Balaban J connectivity index is 2.43. The Kier molecular flexibility index (Phi) is 5.73. The van der Waals surface area contributed by atoms with Crippen LogP contribution in [-0.2, 0) is 4.79 Å². The smallest absolute Gasteiger partial charge is 0.220 e. The molecule has 1 unspecified atom stereocenters. The fourth-order valence-corrected chi connectivity index (χ4v) is 2.60. The number of amides is 1. The number of carbonyl (C=O) groups is 1. The third kappa shape index (κ3) is 4.93. The van der Waals surface area contributed by atoms with Crippen LogP contribution >= 0.6 is 0 Å². The third-order valence-corrected chi connectivity index (χ3v) is 3.67. The van der Waals surface area contributed by atoms with E-state index in [4.69, 9.17) is 0 Å². The number of carbonyl (C=O) groups excluding carboxylic acids is 1. The van der Waals surface area contributed by atoms with Crippen LogP contribution in [0.2, 0.25) is 0 Å². The van der Waals surface area contributed by atoms with E-state index in [9.17, 15) is 4.79 Å². The molecular weight excluding hydrogens is 210 g/mol. The Morgan fingerprint density at radius 3 is 2.41 bits per heavy atom. The van der Waals surface area contributed by atoms with Gasteiger partial charge in [0.15, 0.2) is 0 Å². The lowest BCUT2D eigenvalue weighted by Gasteiger charge is -2.25. The van der Waals surface area contributed by atoms with Crippen LogP contribution in [0.5, 0.6) is 0 Å². The molecule has 0 aromatic carbocycles. The first kappa shape index (κ1) is 14.3. The van der Waals surface area contributed by atoms with Crippen molar-refractivity contribution in [1.29, 1.82) is 0 Å². The summed E-state index contributed by atoms with van der Waals surface area (Å²) in [5, 5.41) is 3.18. The van der Waals surface area contributed by atoms with Gasteiger partial charge in [-0.15, -0.1) is 0 Å². The van der Waals surface area contributed by atoms with Gasteiger partial charge in [-0.3, -0.25) is 4.79 Å². The maximum atomic E-state index is 11.9. The highest BCUT2D eigenvalue weighted by atomic mass is 16.1. The molecule has 1 amide bonds. The molecule has 2 nitrogen and oxygen atoms in total. The highest BCUT2D eigenvalue weighted by Gasteiger charge is 2.26. The highest BCUT2D eigenvalue weighted by molar-refractivity contribution is 5.76. The van der Waals surface area contributed by atoms with Gasteiger partial charge in [0.2, 0.25) is 5.91 Å². The largest absolute Gasteiger partial charge is 0.349 e. The molecule has 1 fully saturated rings.